The van der Waals surface area contributed by atoms with Crippen LogP contribution in [0.5, 0.6) is 5.75 Å². The summed E-state index contributed by atoms with van der Waals surface area (Å²) >= 11 is 0. The minimum atomic E-state index is 0.424. The van der Waals surface area contributed by atoms with Gasteiger partial charge in [0.15, 0.2) is 0 Å². The standard InChI is InChI=1S/C11H13O/c1-2-6-10(7-3-1)12-11-8-4-5-9-11/h1-4,6-7,11H,5,8-9H2. The maximum atomic E-state index is 5.74. The Hall–Kier alpha value is -0.980. The molecule has 0 bridgehead atoms. The monoisotopic (exact) mass is 161 g/mol. The fourth-order valence-electron chi connectivity index (χ4n) is 1.52. The third kappa shape index (κ3) is 1.79. The molecule has 1 unspecified atom stereocenters. The van der Waals surface area contributed by atoms with Crippen LogP contribution in [0.25, 0.3) is 0 Å². The lowest BCUT2D eigenvalue weighted by atomic mass is 10.3. The van der Waals surface area contributed by atoms with Crippen LogP contribution in [0.1, 0.15) is 19.3 Å². The summed E-state index contributed by atoms with van der Waals surface area (Å²) < 4.78 is 5.74. The van der Waals surface area contributed by atoms with E-state index in [2.05, 4.69) is 6.42 Å². The van der Waals surface area contributed by atoms with Crippen molar-refractivity contribution in [2.45, 2.75) is 25.4 Å². The molecule has 1 fully saturated rings. The molecular weight excluding hydrogens is 148 g/mol. The highest BCUT2D eigenvalue weighted by atomic mass is 16.5. The molecule has 0 amide bonds. The molecule has 0 saturated heterocycles. The summed E-state index contributed by atoms with van der Waals surface area (Å²) in [4.78, 5) is 0. The Labute approximate surface area is 73.4 Å². The summed E-state index contributed by atoms with van der Waals surface area (Å²) in [5, 5.41) is 0. The van der Waals surface area contributed by atoms with Gasteiger partial charge in [0.2, 0.25) is 0 Å². The molecule has 0 N–H and O–H groups in total. The van der Waals surface area contributed by atoms with Gasteiger partial charge >= 0.3 is 0 Å². The topological polar surface area (TPSA) is 9.23 Å². The van der Waals surface area contributed by atoms with Crippen LogP contribution in [-0.4, -0.2) is 6.10 Å². The van der Waals surface area contributed by atoms with E-state index in [0.717, 1.165) is 12.2 Å². The Balaban J connectivity index is 1.94. The molecule has 1 heteroatoms. The van der Waals surface area contributed by atoms with Gasteiger partial charge in [-0.25, -0.2) is 0 Å². The predicted molar refractivity (Wildman–Crippen MR) is 49.0 cm³/mol. The molecule has 0 aliphatic heterocycles. The van der Waals surface area contributed by atoms with Gasteiger partial charge < -0.3 is 4.74 Å². The van der Waals surface area contributed by atoms with Gasteiger partial charge in [0.25, 0.3) is 0 Å². The van der Waals surface area contributed by atoms with Gasteiger partial charge in [-0.1, -0.05) is 18.2 Å². The first-order valence-electron chi connectivity index (χ1n) is 4.48. The molecule has 1 radical (unpaired) electrons. The van der Waals surface area contributed by atoms with E-state index in [4.69, 9.17) is 4.74 Å². The first-order valence-corrected chi connectivity index (χ1v) is 4.48. The fourth-order valence-corrected chi connectivity index (χ4v) is 1.52. The molecular formula is C11H13O. The highest BCUT2D eigenvalue weighted by molar-refractivity contribution is 5.21. The van der Waals surface area contributed by atoms with Crippen molar-refractivity contribution in [1.29, 1.82) is 0 Å². The average Bonchev–Trinajstić information content (AvgIpc) is 2.59. The van der Waals surface area contributed by atoms with Crippen LogP contribution in [0.15, 0.2) is 30.3 Å². The largest absolute Gasteiger partial charge is 0.490 e. The molecule has 0 heterocycles. The number of benzene rings is 1. The maximum absolute atomic E-state index is 5.74. The second-order valence-electron chi connectivity index (χ2n) is 3.15. The number of para-hydroxylation sites is 1. The number of hydrogen-bond acceptors (Lipinski definition) is 1. The van der Waals surface area contributed by atoms with Crippen molar-refractivity contribution in [3.63, 3.8) is 0 Å². The molecule has 1 atom stereocenters. The van der Waals surface area contributed by atoms with Crippen molar-refractivity contribution in [2.24, 2.45) is 0 Å². The molecule has 12 heavy (non-hydrogen) atoms. The van der Waals surface area contributed by atoms with E-state index in [9.17, 15) is 0 Å². The van der Waals surface area contributed by atoms with E-state index in [1.807, 2.05) is 30.3 Å². The zero-order valence-electron chi connectivity index (χ0n) is 7.07. The summed E-state index contributed by atoms with van der Waals surface area (Å²) in [7, 11) is 0. The van der Waals surface area contributed by atoms with E-state index in [-0.39, 0.29) is 0 Å². The molecule has 1 saturated carbocycles. The molecule has 1 aromatic carbocycles. The van der Waals surface area contributed by atoms with E-state index in [0.29, 0.717) is 6.10 Å². The normalized spacial score (nSPS) is 18.0. The van der Waals surface area contributed by atoms with Crippen molar-refractivity contribution >= 4 is 0 Å². The Kier molecular flexibility index (Phi) is 2.31. The first-order chi connectivity index (χ1) is 5.95. The van der Waals surface area contributed by atoms with Crippen LogP contribution in [0.4, 0.5) is 0 Å². The fraction of sp³-hybridized carbons (Fsp3) is 0.364. The van der Waals surface area contributed by atoms with E-state index in [1.165, 1.54) is 12.8 Å². The van der Waals surface area contributed by atoms with E-state index < -0.39 is 0 Å². The third-order valence-electron chi connectivity index (χ3n) is 2.17. The predicted octanol–water partition coefficient (Wildman–Crippen LogP) is 2.82. The van der Waals surface area contributed by atoms with Crippen LogP contribution in [0, 0.1) is 6.42 Å². The lowest BCUT2D eigenvalue weighted by molar-refractivity contribution is 0.212. The van der Waals surface area contributed by atoms with Gasteiger partial charge in [0.1, 0.15) is 5.75 Å². The molecule has 0 spiro atoms. The molecule has 1 aromatic rings. The van der Waals surface area contributed by atoms with Gasteiger partial charge in [0, 0.05) is 0 Å². The van der Waals surface area contributed by atoms with Gasteiger partial charge in [-0.05, 0) is 37.8 Å². The molecule has 1 aliphatic carbocycles. The molecule has 1 nitrogen and oxygen atoms in total. The van der Waals surface area contributed by atoms with Crippen molar-refractivity contribution in [2.75, 3.05) is 0 Å². The number of ether oxygens (including phenoxy) is 1. The van der Waals surface area contributed by atoms with Crippen LogP contribution in [0.2, 0.25) is 0 Å². The zero-order chi connectivity index (χ0) is 8.23. The van der Waals surface area contributed by atoms with Crippen LogP contribution >= 0.6 is 0 Å². The smallest absolute Gasteiger partial charge is 0.119 e. The van der Waals surface area contributed by atoms with E-state index in [1.54, 1.807) is 0 Å². The Morgan fingerprint density at radius 2 is 2.00 bits per heavy atom. The Bertz CT molecular complexity index is 224. The minimum Gasteiger partial charge on any atom is -0.490 e. The summed E-state index contributed by atoms with van der Waals surface area (Å²) in [6.45, 7) is 0. The maximum Gasteiger partial charge on any atom is 0.119 e. The van der Waals surface area contributed by atoms with Gasteiger partial charge in [-0.15, -0.1) is 0 Å². The second kappa shape index (κ2) is 3.61. The summed E-state index contributed by atoms with van der Waals surface area (Å²) in [6.07, 6.45) is 6.21. The highest BCUT2D eigenvalue weighted by Gasteiger charge is 2.15. The summed E-state index contributed by atoms with van der Waals surface area (Å²) in [5.74, 6) is 0.998. The van der Waals surface area contributed by atoms with Crippen LogP contribution in [-0.2, 0) is 0 Å². The molecule has 2 rings (SSSR count). The number of rotatable bonds is 2. The van der Waals surface area contributed by atoms with Crippen molar-refractivity contribution in [1.82, 2.24) is 0 Å². The third-order valence-corrected chi connectivity index (χ3v) is 2.17. The molecule has 0 aromatic heterocycles. The van der Waals surface area contributed by atoms with Gasteiger partial charge in [-0.2, -0.15) is 0 Å². The lowest BCUT2D eigenvalue weighted by Crippen LogP contribution is -2.10. The highest BCUT2D eigenvalue weighted by Crippen LogP contribution is 2.22. The Morgan fingerprint density at radius 1 is 1.17 bits per heavy atom. The van der Waals surface area contributed by atoms with Crippen molar-refractivity contribution in [3.05, 3.63) is 36.8 Å². The second-order valence-corrected chi connectivity index (χ2v) is 3.15. The zero-order valence-corrected chi connectivity index (χ0v) is 7.07. The average molecular weight is 161 g/mol. The SMILES string of the molecule is [CH]1CCC(Oc2ccccc2)C1. The summed E-state index contributed by atoms with van der Waals surface area (Å²) in [6, 6.07) is 10.0. The number of hydrogen-bond donors (Lipinski definition) is 0. The van der Waals surface area contributed by atoms with Gasteiger partial charge in [0.05, 0.1) is 6.10 Å². The molecule has 1 aliphatic rings. The Morgan fingerprint density at radius 3 is 2.67 bits per heavy atom. The van der Waals surface area contributed by atoms with E-state index >= 15 is 0 Å². The molecule has 63 valence electrons. The summed E-state index contributed by atoms with van der Waals surface area (Å²) in [5.41, 5.74) is 0. The quantitative estimate of drug-likeness (QED) is 0.648. The van der Waals surface area contributed by atoms with Gasteiger partial charge in [-0.3, -0.25) is 0 Å². The van der Waals surface area contributed by atoms with Crippen LogP contribution < -0.4 is 4.74 Å². The van der Waals surface area contributed by atoms with Crippen molar-refractivity contribution < 1.29 is 4.74 Å². The minimum absolute atomic E-state index is 0.424. The van der Waals surface area contributed by atoms with Crippen molar-refractivity contribution in [3.8, 4) is 5.75 Å². The van der Waals surface area contributed by atoms with Crippen LogP contribution in [0.3, 0.4) is 0 Å². The lowest BCUT2D eigenvalue weighted by Gasteiger charge is -2.11. The first kappa shape index (κ1) is 7.66.